The summed E-state index contributed by atoms with van der Waals surface area (Å²) in [4.78, 5) is 18.6. The molecule has 0 fully saturated rings. The van der Waals surface area contributed by atoms with E-state index in [0.29, 0.717) is 6.54 Å². The number of benzene rings is 1. The van der Waals surface area contributed by atoms with E-state index in [1.165, 1.54) is 0 Å². The van der Waals surface area contributed by atoms with Crippen molar-refractivity contribution in [3.05, 3.63) is 65.5 Å². The summed E-state index contributed by atoms with van der Waals surface area (Å²) >= 11 is 0. The van der Waals surface area contributed by atoms with Crippen LogP contribution in [0.2, 0.25) is 0 Å². The van der Waals surface area contributed by atoms with Gasteiger partial charge in [0, 0.05) is 37.0 Å². The van der Waals surface area contributed by atoms with Crippen LogP contribution >= 0.6 is 0 Å². The van der Waals surface area contributed by atoms with Crippen molar-refractivity contribution < 1.29 is 4.79 Å². The predicted octanol–water partition coefficient (Wildman–Crippen LogP) is 2.28. The molecule has 3 nitrogen and oxygen atoms in total. The molecule has 90 valence electrons. The second kappa shape index (κ2) is 4.61. The first-order valence-electron chi connectivity index (χ1n) is 6.12. The Kier molecular flexibility index (Phi) is 2.81. The van der Waals surface area contributed by atoms with Gasteiger partial charge < -0.3 is 4.90 Å². The molecule has 0 bridgehead atoms. The average Bonchev–Trinajstić information content (AvgIpc) is 2.47. The van der Waals surface area contributed by atoms with E-state index < -0.39 is 0 Å². The predicted molar refractivity (Wildman–Crippen MR) is 69.1 cm³/mol. The molecule has 0 saturated carbocycles. The maximum atomic E-state index is 12.3. The van der Waals surface area contributed by atoms with Crippen molar-refractivity contribution in [2.45, 2.75) is 13.0 Å². The van der Waals surface area contributed by atoms with Crippen molar-refractivity contribution in [1.82, 2.24) is 9.88 Å². The van der Waals surface area contributed by atoms with Crippen LogP contribution in [0.3, 0.4) is 0 Å². The van der Waals surface area contributed by atoms with Crippen LogP contribution in [0.1, 0.15) is 21.6 Å². The number of rotatable bonds is 1. The lowest BCUT2D eigenvalue weighted by Gasteiger charge is -2.28. The van der Waals surface area contributed by atoms with Crippen LogP contribution in [0.15, 0.2) is 48.7 Å². The van der Waals surface area contributed by atoms with Crippen molar-refractivity contribution in [2.24, 2.45) is 0 Å². The Morgan fingerprint density at radius 2 is 1.94 bits per heavy atom. The van der Waals surface area contributed by atoms with Crippen LogP contribution in [0.25, 0.3) is 0 Å². The summed E-state index contributed by atoms with van der Waals surface area (Å²) in [5.41, 5.74) is 3.03. The van der Waals surface area contributed by atoms with Gasteiger partial charge in [0.25, 0.3) is 5.91 Å². The van der Waals surface area contributed by atoms with Gasteiger partial charge in [0.05, 0.1) is 0 Å². The van der Waals surface area contributed by atoms with E-state index in [1.54, 1.807) is 0 Å². The summed E-state index contributed by atoms with van der Waals surface area (Å²) in [5, 5.41) is 0. The lowest BCUT2D eigenvalue weighted by Crippen LogP contribution is -2.36. The first-order valence-corrected chi connectivity index (χ1v) is 6.12. The number of carbonyl (C=O) groups excluding carboxylic acids is 1. The van der Waals surface area contributed by atoms with Gasteiger partial charge in [0.2, 0.25) is 0 Å². The van der Waals surface area contributed by atoms with Crippen LogP contribution in [0, 0.1) is 0 Å². The number of hydrogen-bond donors (Lipinski definition) is 0. The molecule has 0 N–H and O–H groups in total. The summed E-state index contributed by atoms with van der Waals surface area (Å²) in [6, 6.07) is 13.4. The van der Waals surface area contributed by atoms with Gasteiger partial charge in [-0.05, 0) is 23.8 Å². The number of aromatic nitrogens is 1. The molecule has 18 heavy (non-hydrogen) atoms. The smallest absolute Gasteiger partial charge is 0.254 e. The summed E-state index contributed by atoms with van der Waals surface area (Å²) < 4.78 is 0. The van der Waals surface area contributed by atoms with Crippen molar-refractivity contribution in [1.29, 1.82) is 0 Å². The molecular formula is C15H14N2O. The Morgan fingerprint density at radius 1 is 1.11 bits per heavy atom. The summed E-state index contributed by atoms with van der Waals surface area (Å²) in [5.74, 6) is 0.102. The van der Waals surface area contributed by atoms with Crippen LogP contribution < -0.4 is 0 Å². The van der Waals surface area contributed by atoms with Crippen LogP contribution in [-0.2, 0) is 13.0 Å². The lowest BCUT2D eigenvalue weighted by atomic mass is 10.0. The highest BCUT2D eigenvalue weighted by Gasteiger charge is 2.21. The van der Waals surface area contributed by atoms with Gasteiger partial charge in [-0.15, -0.1) is 0 Å². The molecular weight excluding hydrogens is 224 g/mol. The minimum absolute atomic E-state index is 0.102. The fourth-order valence-electron chi connectivity index (χ4n) is 2.30. The quantitative estimate of drug-likeness (QED) is 0.763. The van der Waals surface area contributed by atoms with Crippen molar-refractivity contribution in [3.8, 4) is 0 Å². The molecule has 1 aliphatic rings. The number of carbonyl (C=O) groups is 1. The van der Waals surface area contributed by atoms with Crippen LogP contribution in [0.4, 0.5) is 0 Å². The number of fused-ring (bicyclic) bond motifs is 1. The number of nitrogens with zero attached hydrogens (tertiary/aromatic N) is 2. The molecule has 0 aliphatic carbocycles. The third-order valence-electron chi connectivity index (χ3n) is 3.27. The van der Waals surface area contributed by atoms with Gasteiger partial charge in [0.15, 0.2) is 0 Å². The standard InChI is InChI=1S/C15H14N2O/c18-15(12-5-2-1-3-6-12)17-10-8-14-13(11-17)7-4-9-16-14/h1-7,9H,8,10-11H2. The zero-order valence-electron chi connectivity index (χ0n) is 10.0. The lowest BCUT2D eigenvalue weighted by molar-refractivity contribution is 0.0733. The normalized spacial score (nSPS) is 14.1. The Balaban J connectivity index is 1.82. The first-order chi connectivity index (χ1) is 8.84. The maximum Gasteiger partial charge on any atom is 0.254 e. The van der Waals surface area contributed by atoms with Gasteiger partial charge in [-0.25, -0.2) is 0 Å². The molecule has 3 rings (SSSR count). The van der Waals surface area contributed by atoms with E-state index in [9.17, 15) is 4.79 Å². The fourth-order valence-corrected chi connectivity index (χ4v) is 2.30. The number of amides is 1. The molecule has 2 heterocycles. The molecule has 0 unspecified atom stereocenters. The first kappa shape index (κ1) is 11.0. The van der Waals surface area contributed by atoms with E-state index in [0.717, 1.165) is 29.8 Å². The maximum absolute atomic E-state index is 12.3. The molecule has 2 aromatic rings. The van der Waals surface area contributed by atoms with E-state index >= 15 is 0 Å². The Morgan fingerprint density at radius 3 is 2.78 bits per heavy atom. The van der Waals surface area contributed by atoms with Crippen molar-refractivity contribution in [2.75, 3.05) is 6.54 Å². The average molecular weight is 238 g/mol. The van der Waals surface area contributed by atoms with Gasteiger partial charge >= 0.3 is 0 Å². The monoisotopic (exact) mass is 238 g/mol. The largest absolute Gasteiger partial charge is 0.334 e. The zero-order valence-corrected chi connectivity index (χ0v) is 10.0. The molecule has 1 amide bonds. The van der Waals surface area contributed by atoms with Gasteiger partial charge in [-0.3, -0.25) is 9.78 Å². The molecule has 0 saturated heterocycles. The van der Waals surface area contributed by atoms with E-state index in [4.69, 9.17) is 0 Å². The SMILES string of the molecule is O=C(c1ccccc1)N1CCc2ncccc2C1. The zero-order chi connectivity index (χ0) is 12.4. The van der Waals surface area contributed by atoms with Gasteiger partial charge in [-0.2, -0.15) is 0 Å². The van der Waals surface area contributed by atoms with E-state index in [-0.39, 0.29) is 5.91 Å². The fraction of sp³-hybridized carbons (Fsp3) is 0.200. The molecule has 0 atom stereocenters. The summed E-state index contributed by atoms with van der Waals surface area (Å²) in [6.07, 6.45) is 2.66. The second-order valence-corrected chi connectivity index (χ2v) is 4.45. The molecule has 3 heteroatoms. The Bertz CT molecular complexity index is 566. The van der Waals surface area contributed by atoms with Crippen molar-refractivity contribution in [3.63, 3.8) is 0 Å². The van der Waals surface area contributed by atoms with Crippen LogP contribution in [-0.4, -0.2) is 22.3 Å². The molecule has 0 radical (unpaired) electrons. The highest BCUT2D eigenvalue weighted by Crippen LogP contribution is 2.18. The number of pyridine rings is 1. The van der Waals surface area contributed by atoms with E-state index in [1.807, 2.05) is 53.6 Å². The van der Waals surface area contributed by atoms with Gasteiger partial charge in [0.1, 0.15) is 0 Å². The molecule has 1 aromatic heterocycles. The third-order valence-corrected chi connectivity index (χ3v) is 3.27. The number of hydrogen-bond acceptors (Lipinski definition) is 2. The summed E-state index contributed by atoms with van der Waals surface area (Å²) in [6.45, 7) is 1.41. The minimum atomic E-state index is 0.102. The second-order valence-electron chi connectivity index (χ2n) is 4.45. The topological polar surface area (TPSA) is 33.2 Å². The molecule has 1 aromatic carbocycles. The van der Waals surface area contributed by atoms with Crippen LogP contribution in [0.5, 0.6) is 0 Å². The van der Waals surface area contributed by atoms with E-state index in [2.05, 4.69) is 4.98 Å². The molecule has 0 spiro atoms. The highest BCUT2D eigenvalue weighted by atomic mass is 16.2. The minimum Gasteiger partial charge on any atom is -0.334 e. The Labute approximate surface area is 106 Å². The summed E-state index contributed by atoms with van der Waals surface area (Å²) in [7, 11) is 0. The Hall–Kier alpha value is -2.16. The molecule has 1 aliphatic heterocycles. The third kappa shape index (κ3) is 1.99. The van der Waals surface area contributed by atoms with Crippen molar-refractivity contribution >= 4 is 5.91 Å². The highest BCUT2D eigenvalue weighted by molar-refractivity contribution is 5.94. The van der Waals surface area contributed by atoms with Gasteiger partial charge in [-0.1, -0.05) is 24.3 Å².